The third-order valence-corrected chi connectivity index (χ3v) is 8.24. The van der Waals surface area contributed by atoms with Crippen LogP contribution in [0.3, 0.4) is 0 Å². The number of aromatic hydroxyl groups is 1. The quantitative estimate of drug-likeness (QED) is 0.308. The van der Waals surface area contributed by atoms with Gasteiger partial charge >= 0.3 is 7.60 Å². The molecule has 0 saturated carbocycles. The predicted molar refractivity (Wildman–Crippen MR) is 140 cm³/mol. The SMILES string of the molecule is Cc1cccc([C@@H]2CCO[P@](=O)(COc3cc(Cl)c(Cc4ccc(O)c(C(C)C)c4)c(Cl)c3)O2)c1. The zero-order valence-corrected chi connectivity index (χ0v) is 22.4. The summed E-state index contributed by atoms with van der Waals surface area (Å²) in [5, 5.41) is 11.0. The van der Waals surface area contributed by atoms with Gasteiger partial charge in [-0.05, 0) is 53.3 Å². The van der Waals surface area contributed by atoms with Crippen molar-refractivity contribution >= 4 is 30.8 Å². The Morgan fingerprint density at radius 3 is 2.54 bits per heavy atom. The summed E-state index contributed by atoms with van der Waals surface area (Å²) in [6.45, 7) is 6.39. The van der Waals surface area contributed by atoms with E-state index in [1.54, 1.807) is 18.2 Å². The lowest BCUT2D eigenvalue weighted by atomic mass is 9.96. The molecular formula is C27H29Cl2O5P. The van der Waals surface area contributed by atoms with Crippen LogP contribution in [0.15, 0.2) is 54.6 Å². The molecule has 1 fully saturated rings. The molecule has 0 aliphatic carbocycles. The Balaban J connectivity index is 1.45. The first kappa shape index (κ1) is 26.1. The second-order valence-corrected chi connectivity index (χ2v) is 11.9. The van der Waals surface area contributed by atoms with Crippen molar-refractivity contribution in [3.8, 4) is 11.5 Å². The van der Waals surface area contributed by atoms with Crippen LogP contribution in [-0.4, -0.2) is 18.1 Å². The van der Waals surface area contributed by atoms with Gasteiger partial charge in [0.25, 0.3) is 0 Å². The summed E-state index contributed by atoms with van der Waals surface area (Å²) in [6, 6.07) is 16.8. The summed E-state index contributed by atoms with van der Waals surface area (Å²) in [5.74, 6) is 0.850. The molecule has 0 spiro atoms. The molecule has 2 atom stereocenters. The number of aryl methyl sites for hydroxylation is 1. The van der Waals surface area contributed by atoms with Gasteiger partial charge in [-0.1, -0.05) is 79.0 Å². The van der Waals surface area contributed by atoms with Crippen LogP contribution >= 0.6 is 30.8 Å². The number of rotatable bonds is 7. The van der Waals surface area contributed by atoms with Crippen LogP contribution in [0.25, 0.3) is 0 Å². The average molecular weight is 535 g/mol. The number of phenols is 1. The predicted octanol–water partition coefficient (Wildman–Crippen LogP) is 8.43. The molecule has 0 amide bonds. The molecular weight excluding hydrogens is 506 g/mol. The van der Waals surface area contributed by atoms with Gasteiger partial charge in [0.2, 0.25) is 0 Å². The second-order valence-electron chi connectivity index (χ2n) is 9.10. The number of benzene rings is 3. The number of phenolic OH excluding ortho intramolecular Hbond substituents is 1. The molecule has 1 aliphatic rings. The standard InChI is InChI=1S/C27H29Cl2O5P/c1-17(2)22-12-19(7-8-26(22)30)13-23-24(28)14-21(15-25(23)29)32-16-35(31)33-10-9-27(34-35)20-6-4-5-18(3)11-20/h4-8,11-12,14-15,17,27,30H,9-10,13,16H2,1-3H3/t27-,35+/m0/s1. The minimum atomic E-state index is -3.46. The lowest BCUT2D eigenvalue weighted by Crippen LogP contribution is -2.17. The van der Waals surface area contributed by atoms with E-state index < -0.39 is 7.60 Å². The zero-order valence-electron chi connectivity index (χ0n) is 20.0. The number of hydrogen-bond donors (Lipinski definition) is 1. The first-order chi connectivity index (χ1) is 16.6. The maximum atomic E-state index is 13.2. The van der Waals surface area contributed by atoms with Crippen molar-refractivity contribution in [3.05, 3.63) is 92.5 Å². The summed E-state index contributed by atoms with van der Waals surface area (Å²) in [7, 11) is -3.46. The molecule has 0 aromatic heterocycles. The minimum Gasteiger partial charge on any atom is -0.508 e. The molecule has 0 radical (unpaired) electrons. The van der Waals surface area contributed by atoms with Crippen LogP contribution in [-0.2, 0) is 20.0 Å². The molecule has 1 aliphatic heterocycles. The van der Waals surface area contributed by atoms with Crippen LogP contribution in [0.1, 0.15) is 60.1 Å². The van der Waals surface area contributed by atoms with Gasteiger partial charge in [-0.15, -0.1) is 0 Å². The molecule has 3 aromatic carbocycles. The highest BCUT2D eigenvalue weighted by atomic mass is 35.5. The van der Waals surface area contributed by atoms with Crippen LogP contribution < -0.4 is 4.74 Å². The molecule has 35 heavy (non-hydrogen) atoms. The van der Waals surface area contributed by atoms with Crippen LogP contribution in [0, 0.1) is 6.92 Å². The smallest absolute Gasteiger partial charge is 0.368 e. The normalized spacial score (nSPS) is 20.2. The maximum Gasteiger partial charge on any atom is 0.368 e. The van der Waals surface area contributed by atoms with Crippen molar-refractivity contribution in [1.82, 2.24) is 0 Å². The molecule has 186 valence electrons. The van der Waals surface area contributed by atoms with Crippen molar-refractivity contribution in [2.75, 3.05) is 13.0 Å². The summed E-state index contributed by atoms with van der Waals surface area (Å²) in [6.07, 6.45) is 0.571. The minimum absolute atomic E-state index is 0.189. The Hall–Kier alpha value is -2.01. The first-order valence-electron chi connectivity index (χ1n) is 11.5. The van der Waals surface area contributed by atoms with Gasteiger partial charge in [-0.3, -0.25) is 9.09 Å². The molecule has 1 saturated heterocycles. The van der Waals surface area contributed by atoms with Crippen molar-refractivity contribution in [3.63, 3.8) is 0 Å². The molecule has 4 rings (SSSR count). The highest BCUT2D eigenvalue weighted by Crippen LogP contribution is 2.56. The van der Waals surface area contributed by atoms with Gasteiger partial charge < -0.3 is 14.4 Å². The molecule has 5 nitrogen and oxygen atoms in total. The Kier molecular flexibility index (Phi) is 8.15. The molecule has 0 bridgehead atoms. The lowest BCUT2D eigenvalue weighted by molar-refractivity contribution is 0.0725. The van der Waals surface area contributed by atoms with Crippen LogP contribution in [0.5, 0.6) is 11.5 Å². The highest BCUT2D eigenvalue weighted by Gasteiger charge is 2.35. The van der Waals surface area contributed by atoms with E-state index in [1.165, 1.54) is 0 Å². The fourth-order valence-corrected chi connectivity index (χ4v) is 6.21. The lowest BCUT2D eigenvalue weighted by Gasteiger charge is -2.30. The highest BCUT2D eigenvalue weighted by molar-refractivity contribution is 7.53. The van der Waals surface area contributed by atoms with E-state index in [2.05, 4.69) is 0 Å². The Bertz CT molecular complexity index is 1240. The van der Waals surface area contributed by atoms with Crippen LogP contribution in [0.2, 0.25) is 10.0 Å². The van der Waals surface area contributed by atoms with Gasteiger partial charge in [-0.25, -0.2) is 0 Å². The largest absolute Gasteiger partial charge is 0.508 e. The number of hydrogen-bond acceptors (Lipinski definition) is 5. The number of ether oxygens (including phenoxy) is 1. The fourth-order valence-electron chi connectivity index (χ4n) is 4.11. The third-order valence-electron chi connectivity index (χ3n) is 5.97. The van der Waals surface area contributed by atoms with E-state index in [-0.39, 0.29) is 24.1 Å². The van der Waals surface area contributed by atoms with E-state index in [9.17, 15) is 9.67 Å². The van der Waals surface area contributed by atoms with E-state index in [4.69, 9.17) is 37.0 Å². The van der Waals surface area contributed by atoms with Crippen molar-refractivity contribution < 1.29 is 23.5 Å². The summed E-state index contributed by atoms with van der Waals surface area (Å²) in [5.41, 5.74) is 4.69. The Morgan fingerprint density at radius 1 is 1.11 bits per heavy atom. The molecule has 3 aromatic rings. The van der Waals surface area contributed by atoms with Gasteiger partial charge in [-0.2, -0.15) is 0 Å². The van der Waals surface area contributed by atoms with Gasteiger partial charge in [0.1, 0.15) is 11.5 Å². The molecule has 8 heteroatoms. The second kappa shape index (κ2) is 10.9. The van der Waals surface area contributed by atoms with E-state index in [1.807, 2.05) is 57.2 Å². The van der Waals surface area contributed by atoms with Crippen molar-refractivity contribution in [2.45, 2.75) is 45.6 Å². The van der Waals surface area contributed by atoms with E-state index >= 15 is 0 Å². The van der Waals surface area contributed by atoms with Crippen molar-refractivity contribution in [2.24, 2.45) is 0 Å². The maximum absolute atomic E-state index is 13.2. The monoisotopic (exact) mass is 534 g/mol. The van der Waals surface area contributed by atoms with Gasteiger partial charge in [0.05, 0.1) is 12.7 Å². The summed E-state index contributed by atoms with van der Waals surface area (Å²) in [4.78, 5) is 0. The number of halogens is 2. The third kappa shape index (κ3) is 6.41. The molecule has 0 unspecified atom stereocenters. The summed E-state index contributed by atoms with van der Waals surface area (Å²) >= 11 is 13.1. The van der Waals surface area contributed by atoms with Crippen molar-refractivity contribution in [1.29, 1.82) is 0 Å². The topological polar surface area (TPSA) is 65.0 Å². The van der Waals surface area contributed by atoms with Gasteiger partial charge in [0.15, 0.2) is 6.35 Å². The van der Waals surface area contributed by atoms with Gasteiger partial charge in [0, 0.05) is 22.9 Å². The van der Waals surface area contributed by atoms with E-state index in [0.717, 1.165) is 27.8 Å². The van der Waals surface area contributed by atoms with E-state index in [0.29, 0.717) is 35.2 Å². The zero-order chi connectivity index (χ0) is 25.2. The first-order valence-corrected chi connectivity index (χ1v) is 14.0. The average Bonchev–Trinajstić information content (AvgIpc) is 2.81. The Labute approximate surface area is 216 Å². The molecule has 1 N–H and O–H groups in total. The fraction of sp³-hybridized carbons (Fsp3) is 0.333. The molecule has 1 heterocycles. The van der Waals surface area contributed by atoms with Crippen LogP contribution in [0.4, 0.5) is 0 Å². The summed E-state index contributed by atoms with van der Waals surface area (Å²) < 4.78 is 30.3. The Morgan fingerprint density at radius 2 is 1.86 bits per heavy atom.